The molecule has 0 spiro atoms. The van der Waals surface area contributed by atoms with Gasteiger partial charge in [0, 0.05) is 10.2 Å². The van der Waals surface area contributed by atoms with Gasteiger partial charge in [-0.25, -0.2) is 0 Å². The number of nitrogens with one attached hydrogen (secondary N) is 1. The summed E-state index contributed by atoms with van der Waals surface area (Å²) in [5, 5.41) is 13.2. The van der Waals surface area contributed by atoms with Crippen molar-refractivity contribution in [3.8, 4) is 0 Å². The highest BCUT2D eigenvalue weighted by Gasteiger charge is 2.42. The number of hydrogen-bond acceptors (Lipinski definition) is 2. The molecule has 0 heterocycles. The highest BCUT2D eigenvalue weighted by Crippen LogP contribution is 2.32. The van der Waals surface area contributed by atoms with Gasteiger partial charge in [-0.3, -0.25) is 4.79 Å². The minimum Gasteiger partial charge on any atom is -0.380 e. The second kappa shape index (κ2) is 5.25. The smallest absolute Gasteiger partial charge is 0.256 e. The summed E-state index contributed by atoms with van der Waals surface area (Å²) in [5.41, 5.74) is 0.723. The number of benzene rings is 1. The molecule has 1 unspecified atom stereocenters. The molecule has 3 nitrogen and oxygen atoms in total. The van der Waals surface area contributed by atoms with Crippen LogP contribution in [-0.2, 0) is 4.79 Å². The van der Waals surface area contributed by atoms with E-state index in [4.69, 9.17) is 0 Å². The van der Waals surface area contributed by atoms with Crippen LogP contribution in [0.3, 0.4) is 0 Å². The molecule has 106 valence electrons. The summed E-state index contributed by atoms with van der Waals surface area (Å²) in [7, 11) is 0. The van der Waals surface area contributed by atoms with Crippen molar-refractivity contribution in [2.75, 3.05) is 5.32 Å². The average molecular weight is 328 g/mol. The number of carbonyl (C=O) groups is 1. The van der Waals surface area contributed by atoms with Gasteiger partial charge in [0.2, 0.25) is 0 Å². The zero-order chi connectivity index (χ0) is 15.0. The van der Waals surface area contributed by atoms with Crippen molar-refractivity contribution in [3.63, 3.8) is 0 Å². The number of aliphatic hydroxyl groups is 1. The van der Waals surface area contributed by atoms with Crippen LogP contribution in [0, 0.1) is 19.3 Å². The van der Waals surface area contributed by atoms with Crippen LogP contribution in [0.25, 0.3) is 0 Å². The molecular weight excluding hydrogens is 306 g/mol. The van der Waals surface area contributed by atoms with Crippen LogP contribution >= 0.6 is 15.9 Å². The number of carbonyl (C=O) groups excluding carboxylic acids is 1. The molecule has 0 saturated carbocycles. The van der Waals surface area contributed by atoms with E-state index in [1.165, 1.54) is 0 Å². The summed E-state index contributed by atoms with van der Waals surface area (Å²) in [6.07, 6.45) is 0. The Labute approximate surface area is 123 Å². The zero-order valence-electron chi connectivity index (χ0n) is 12.4. The second-order valence-electron chi connectivity index (χ2n) is 6.19. The van der Waals surface area contributed by atoms with Crippen molar-refractivity contribution in [3.05, 3.63) is 27.7 Å². The molecule has 2 N–H and O–H groups in total. The van der Waals surface area contributed by atoms with Gasteiger partial charge in [-0.15, -0.1) is 0 Å². The van der Waals surface area contributed by atoms with E-state index in [0.29, 0.717) is 0 Å². The molecule has 0 aromatic heterocycles. The minimum absolute atomic E-state index is 0.381. The van der Waals surface area contributed by atoms with Crippen LogP contribution in [-0.4, -0.2) is 16.6 Å². The summed E-state index contributed by atoms with van der Waals surface area (Å²) in [6.45, 7) is 10.9. The molecule has 0 fully saturated rings. The molecule has 4 heteroatoms. The lowest BCUT2D eigenvalue weighted by Crippen LogP contribution is -2.50. The number of amides is 1. The molecule has 0 saturated heterocycles. The van der Waals surface area contributed by atoms with Crippen LogP contribution in [0.5, 0.6) is 0 Å². The molecule has 1 aromatic carbocycles. The van der Waals surface area contributed by atoms with Crippen molar-refractivity contribution >= 4 is 27.5 Å². The molecule has 0 radical (unpaired) electrons. The molecule has 0 aliphatic rings. The Bertz CT molecular complexity index is 478. The fraction of sp³-hybridized carbons (Fsp3) is 0.533. The van der Waals surface area contributed by atoms with E-state index < -0.39 is 11.0 Å². The van der Waals surface area contributed by atoms with E-state index in [9.17, 15) is 9.90 Å². The predicted octanol–water partition coefficient (Wildman–Crippen LogP) is 3.80. The standard InChI is InChI=1S/C15H22BrNO2/c1-9-7-11(16)8-10(2)12(9)17-13(18)15(6,19)14(3,4)5/h7-8,19H,1-6H3,(H,17,18). The normalized spacial score (nSPS) is 14.9. The molecule has 0 aliphatic heterocycles. The van der Waals surface area contributed by atoms with Crippen molar-refractivity contribution in [2.45, 2.75) is 47.1 Å². The third-order valence-corrected chi connectivity index (χ3v) is 4.10. The summed E-state index contributed by atoms with van der Waals surface area (Å²) >= 11 is 3.42. The van der Waals surface area contributed by atoms with E-state index in [2.05, 4.69) is 21.2 Å². The van der Waals surface area contributed by atoms with E-state index in [-0.39, 0.29) is 5.91 Å². The van der Waals surface area contributed by atoms with Crippen LogP contribution in [0.15, 0.2) is 16.6 Å². The van der Waals surface area contributed by atoms with Gasteiger partial charge in [0.15, 0.2) is 0 Å². The molecule has 19 heavy (non-hydrogen) atoms. The minimum atomic E-state index is -1.43. The SMILES string of the molecule is Cc1cc(Br)cc(C)c1NC(=O)C(C)(O)C(C)(C)C. The molecular formula is C15H22BrNO2. The first-order chi connectivity index (χ1) is 8.46. The van der Waals surface area contributed by atoms with E-state index in [0.717, 1.165) is 21.3 Å². The van der Waals surface area contributed by atoms with Crippen molar-refractivity contribution < 1.29 is 9.90 Å². The zero-order valence-corrected chi connectivity index (χ0v) is 14.0. The van der Waals surface area contributed by atoms with Crippen LogP contribution in [0.2, 0.25) is 0 Å². The van der Waals surface area contributed by atoms with E-state index in [1.807, 2.05) is 46.8 Å². The highest BCUT2D eigenvalue weighted by atomic mass is 79.9. The quantitative estimate of drug-likeness (QED) is 0.867. The van der Waals surface area contributed by atoms with E-state index >= 15 is 0 Å². The summed E-state index contributed by atoms with van der Waals surface area (Å²) in [5.74, 6) is -0.381. The van der Waals surface area contributed by atoms with Gasteiger partial charge in [-0.1, -0.05) is 36.7 Å². The molecule has 1 aromatic rings. The lowest BCUT2D eigenvalue weighted by atomic mass is 9.77. The first kappa shape index (κ1) is 16.2. The van der Waals surface area contributed by atoms with Gasteiger partial charge in [-0.2, -0.15) is 0 Å². The Morgan fingerprint density at radius 1 is 1.16 bits per heavy atom. The predicted molar refractivity (Wildman–Crippen MR) is 82.3 cm³/mol. The maximum absolute atomic E-state index is 12.3. The first-order valence-corrected chi connectivity index (χ1v) is 7.06. The van der Waals surface area contributed by atoms with Crippen LogP contribution in [0.1, 0.15) is 38.8 Å². The Morgan fingerprint density at radius 2 is 1.58 bits per heavy atom. The van der Waals surface area contributed by atoms with Gasteiger partial charge < -0.3 is 10.4 Å². The monoisotopic (exact) mass is 327 g/mol. The second-order valence-corrected chi connectivity index (χ2v) is 7.11. The van der Waals surface area contributed by atoms with Gasteiger partial charge in [0.1, 0.15) is 5.60 Å². The first-order valence-electron chi connectivity index (χ1n) is 6.27. The van der Waals surface area contributed by atoms with Gasteiger partial charge in [0.05, 0.1) is 0 Å². The van der Waals surface area contributed by atoms with Gasteiger partial charge in [0.25, 0.3) is 5.91 Å². The number of hydrogen-bond donors (Lipinski definition) is 2. The fourth-order valence-corrected chi connectivity index (χ4v) is 2.37. The number of anilines is 1. The Balaban J connectivity index is 3.08. The maximum atomic E-state index is 12.3. The number of rotatable bonds is 2. The molecule has 0 bridgehead atoms. The number of halogens is 1. The van der Waals surface area contributed by atoms with E-state index in [1.54, 1.807) is 6.92 Å². The highest BCUT2D eigenvalue weighted by molar-refractivity contribution is 9.10. The molecule has 1 atom stereocenters. The largest absolute Gasteiger partial charge is 0.380 e. The maximum Gasteiger partial charge on any atom is 0.256 e. The van der Waals surface area contributed by atoms with Crippen LogP contribution < -0.4 is 5.32 Å². The molecule has 1 amide bonds. The average Bonchev–Trinajstić information content (AvgIpc) is 2.21. The molecule has 0 aliphatic carbocycles. The molecule has 1 rings (SSSR count). The Morgan fingerprint density at radius 3 is 1.95 bits per heavy atom. The third kappa shape index (κ3) is 3.37. The van der Waals surface area contributed by atoms with Crippen LogP contribution in [0.4, 0.5) is 5.69 Å². The topological polar surface area (TPSA) is 49.3 Å². The summed E-state index contributed by atoms with van der Waals surface area (Å²) in [6, 6.07) is 3.88. The summed E-state index contributed by atoms with van der Waals surface area (Å²) < 4.78 is 0.975. The Kier molecular flexibility index (Phi) is 4.47. The van der Waals surface area contributed by atoms with Crippen molar-refractivity contribution in [1.29, 1.82) is 0 Å². The third-order valence-electron chi connectivity index (χ3n) is 3.64. The number of aryl methyl sites for hydroxylation is 2. The fourth-order valence-electron chi connectivity index (χ4n) is 1.68. The summed E-state index contributed by atoms with van der Waals surface area (Å²) in [4.78, 5) is 12.3. The van der Waals surface area contributed by atoms with Crippen molar-refractivity contribution in [2.24, 2.45) is 5.41 Å². The Hall–Kier alpha value is -0.870. The van der Waals surface area contributed by atoms with Gasteiger partial charge >= 0.3 is 0 Å². The lowest BCUT2D eigenvalue weighted by molar-refractivity contribution is -0.143. The lowest BCUT2D eigenvalue weighted by Gasteiger charge is -2.35. The van der Waals surface area contributed by atoms with Crippen molar-refractivity contribution in [1.82, 2.24) is 0 Å². The van der Waals surface area contributed by atoms with Gasteiger partial charge in [-0.05, 0) is 49.4 Å².